The third-order valence-corrected chi connectivity index (χ3v) is 3.72. The Kier molecular flexibility index (Phi) is 1.95. The Bertz CT molecular complexity index is 174. The lowest BCUT2D eigenvalue weighted by atomic mass is 9.93. The van der Waals surface area contributed by atoms with Crippen LogP contribution in [0.4, 0.5) is 0 Å². The van der Waals surface area contributed by atoms with Crippen LogP contribution in [0.2, 0.25) is 0 Å². The summed E-state index contributed by atoms with van der Waals surface area (Å²) >= 11 is 0. The van der Waals surface area contributed by atoms with E-state index in [1.165, 1.54) is 12.8 Å². The van der Waals surface area contributed by atoms with Crippen LogP contribution in [0.3, 0.4) is 0 Å². The summed E-state index contributed by atoms with van der Waals surface area (Å²) in [5, 5.41) is 0. The van der Waals surface area contributed by atoms with Crippen LogP contribution in [0.15, 0.2) is 0 Å². The summed E-state index contributed by atoms with van der Waals surface area (Å²) in [6, 6.07) is 2.71. The second-order valence-corrected chi connectivity index (χ2v) is 5.08. The van der Waals surface area contributed by atoms with Crippen molar-refractivity contribution in [2.24, 2.45) is 11.8 Å². The predicted molar refractivity (Wildman–Crippen MR) is 52.1 cm³/mol. The number of hydrogen-bond acceptors (Lipinski definition) is 1. The molecule has 0 aromatic heterocycles. The van der Waals surface area contributed by atoms with Crippen LogP contribution in [0.5, 0.6) is 0 Å². The highest BCUT2D eigenvalue weighted by molar-refractivity contribution is 5.12. The van der Waals surface area contributed by atoms with Crippen LogP contribution in [0.1, 0.15) is 40.5 Å². The molecule has 0 spiro atoms. The molecular formula is C11H21N. The van der Waals surface area contributed by atoms with Crippen molar-refractivity contribution in [2.75, 3.05) is 0 Å². The average molecular weight is 167 g/mol. The second kappa shape index (κ2) is 2.73. The summed E-state index contributed by atoms with van der Waals surface area (Å²) in [6.45, 7) is 9.42. The van der Waals surface area contributed by atoms with E-state index in [-0.39, 0.29) is 0 Å². The Labute approximate surface area is 76.1 Å². The molecule has 0 aromatic carbocycles. The average Bonchev–Trinajstić information content (AvgIpc) is 2.52. The normalized spacial score (nSPS) is 45.5. The molecule has 1 saturated carbocycles. The SMILES string of the molecule is CC(C)C1CCC2C1N2C(C)C. The number of nitrogens with zero attached hydrogens (tertiary/aromatic N) is 1. The maximum absolute atomic E-state index is 2.70. The van der Waals surface area contributed by atoms with E-state index in [1.54, 1.807) is 0 Å². The van der Waals surface area contributed by atoms with Crippen molar-refractivity contribution in [3.05, 3.63) is 0 Å². The predicted octanol–water partition coefficient (Wildman–Crippen LogP) is 2.51. The van der Waals surface area contributed by atoms with Crippen molar-refractivity contribution in [3.8, 4) is 0 Å². The van der Waals surface area contributed by atoms with E-state index in [9.17, 15) is 0 Å². The first kappa shape index (κ1) is 8.55. The van der Waals surface area contributed by atoms with Crippen LogP contribution in [-0.4, -0.2) is 23.0 Å². The van der Waals surface area contributed by atoms with Crippen molar-refractivity contribution in [3.63, 3.8) is 0 Å². The van der Waals surface area contributed by atoms with Crippen LogP contribution in [0.25, 0.3) is 0 Å². The van der Waals surface area contributed by atoms with Gasteiger partial charge in [-0.15, -0.1) is 0 Å². The molecule has 4 atom stereocenters. The van der Waals surface area contributed by atoms with Gasteiger partial charge in [-0.3, -0.25) is 4.90 Å². The minimum Gasteiger partial charge on any atom is -0.292 e. The molecule has 1 heterocycles. The Hall–Kier alpha value is -0.0400. The number of likely N-dealkylation sites (tertiary alicyclic amines) is 1. The van der Waals surface area contributed by atoms with Gasteiger partial charge < -0.3 is 0 Å². The Morgan fingerprint density at radius 1 is 1.08 bits per heavy atom. The number of rotatable bonds is 2. The van der Waals surface area contributed by atoms with Crippen molar-refractivity contribution >= 4 is 0 Å². The molecule has 1 heteroatoms. The molecule has 0 bridgehead atoms. The molecule has 2 rings (SSSR count). The third-order valence-electron chi connectivity index (χ3n) is 3.72. The van der Waals surface area contributed by atoms with Gasteiger partial charge in [0.1, 0.15) is 0 Å². The largest absolute Gasteiger partial charge is 0.292 e. The van der Waals surface area contributed by atoms with Gasteiger partial charge in [0.05, 0.1) is 0 Å². The summed E-state index contributed by atoms with van der Waals surface area (Å²) in [7, 11) is 0. The van der Waals surface area contributed by atoms with Gasteiger partial charge in [-0.1, -0.05) is 13.8 Å². The molecule has 0 radical (unpaired) electrons. The van der Waals surface area contributed by atoms with Gasteiger partial charge in [-0.05, 0) is 38.5 Å². The zero-order valence-corrected chi connectivity index (χ0v) is 8.75. The maximum Gasteiger partial charge on any atom is 0.0288 e. The van der Waals surface area contributed by atoms with E-state index in [1.807, 2.05) is 0 Å². The van der Waals surface area contributed by atoms with Crippen LogP contribution in [-0.2, 0) is 0 Å². The number of fused-ring (bicyclic) bond motifs is 1. The molecule has 1 nitrogen and oxygen atoms in total. The Morgan fingerprint density at radius 3 is 2.17 bits per heavy atom. The van der Waals surface area contributed by atoms with Gasteiger partial charge in [0.2, 0.25) is 0 Å². The van der Waals surface area contributed by atoms with Crippen LogP contribution >= 0.6 is 0 Å². The van der Waals surface area contributed by atoms with E-state index in [4.69, 9.17) is 0 Å². The summed E-state index contributed by atoms with van der Waals surface area (Å²) in [5.41, 5.74) is 0. The number of piperidine rings is 1. The van der Waals surface area contributed by atoms with E-state index in [0.717, 1.165) is 30.0 Å². The quantitative estimate of drug-likeness (QED) is 0.571. The highest BCUT2D eigenvalue weighted by atomic mass is 15.4. The smallest absolute Gasteiger partial charge is 0.0288 e. The van der Waals surface area contributed by atoms with E-state index in [2.05, 4.69) is 32.6 Å². The van der Waals surface area contributed by atoms with Crippen molar-refractivity contribution < 1.29 is 0 Å². The fraction of sp³-hybridized carbons (Fsp3) is 1.00. The third kappa shape index (κ3) is 1.10. The van der Waals surface area contributed by atoms with Crippen molar-refractivity contribution in [1.82, 2.24) is 4.90 Å². The summed E-state index contributed by atoms with van der Waals surface area (Å²) in [4.78, 5) is 2.70. The first-order valence-corrected chi connectivity index (χ1v) is 5.40. The standard InChI is InChI=1S/C11H21N/c1-7(2)9-5-6-10-11(9)12(10)8(3)4/h7-11H,5-6H2,1-4H3. The van der Waals surface area contributed by atoms with E-state index < -0.39 is 0 Å². The minimum absolute atomic E-state index is 0.779. The lowest BCUT2D eigenvalue weighted by Gasteiger charge is -2.20. The topological polar surface area (TPSA) is 3.01 Å². The van der Waals surface area contributed by atoms with Gasteiger partial charge >= 0.3 is 0 Å². The second-order valence-electron chi connectivity index (χ2n) is 5.08. The molecule has 2 fully saturated rings. The summed E-state index contributed by atoms with van der Waals surface area (Å²) in [5.74, 6) is 1.89. The summed E-state index contributed by atoms with van der Waals surface area (Å²) < 4.78 is 0. The molecule has 0 amide bonds. The van der Waals surface area contributed by atoms with Gasteiger partial charge in [-0.25, -0.2) is 0 Å². The highest BCUT2D eigenvalue weighted by Gasteiger charge is 2.57. The molecule has 4 unspecified atom stereocenters. The Balaban J connectivity index is 1.98. The van der Waals surface area contributed by atoms with Gasteiger partial charge in [0.25, 0.3) is 0 Å². The summed E-state index contributed by atoms with van der Waals surface area (Å²) in [6.07, 6.45) is 2.95. The molecule has 1 saturated heterocycles. The number of hydrogen-bond donors (Lipinski definition) is 0. The van der Waals surface area contributed by atoms with Crippen LogP contribution in [0, 0.1) is 11.8 Å². The maximum atomic E-state index is 2.70. The minimum atomic E-state index is 0.779. The molecule has 12 heavy (non-hydrogen) atoms. The molecule has 0 N–H and O–H groups in total. The van der Waals surface area contributed by atoms with E-state index in [0.29, 0.717) is 0 Å². The first-order valence-electron chi connectivity index (χ1n) is 5.40. The molecule has 0 aromatic rings. The highest BCUT2D eigenvalue weighted by Crippen LogP contribution is 2.50. The van der Waals surface area contributed by atoms with E-state index >= 15 is 0 Å². The molecule has 1 aliphatic carbocycles. The lowest BCUT2D eigenvalue weighted by molar-refractivity contribution is 0.267. The zero-order valence-electron chi connectivity index (χ0n) is 8.75. The first-order chi connectivity index (χ1) is 5.63. The molecule has 1 aliphatic heterocycles. The lowest BCUT2D eigenvalue weighted by Crippen LogP contribution is -2.22. The van der Waals surface area contributed by atoms with Crippen LogP contribution < -0.4 is 0 Å². The van der Waals surface area contributed by atoms with Gasteiger partial charge in [-0.2, -0.15) is 0 Å². The Morgan fingerprint density at radius 2 is 1.75 bits per heavy atom. The van der Waals surface area contributed by atoms with Crippen molar-refractivity contribution in [1.29, 1.82) is 0 Å². The molecular weight excluding hydrogens is 146 g/mol. The van der Waals surface area contributed by atoms with Crippen molar-refractivity contribution in [2.45, 2.75) is 58.7 Å². The zero-order chi connectivity index (χ0) is 8.88. The fourth-order valence-electron chi connectivity index (χ4n) is 3.14. The monoisotopic (exact) mass is 167 g/mol. The van der Waals surface area contributed by atoms with Gasteiger partial charge in [0.15, 0.2) is 0 Å². The molecule has 70 valence electrons. The fourth-order valence-corrected chi connectivity index (χ4v) is 3.14. The molecule has 2 aliphatic rings. The van der Waals surface area contributed by atoms with Gasteiger partial charge in [0, 0.05) is 18.1 Å².